The molecule has 0 rings (SSSR count). The molecule has 8 heteroatoms. The van der Waals surface area contributed by atoms with E-state index in [-0.39, 0.29) is 12.8 Å². The summed E-state index contributed by atoms with van der Waals surface area (Å²) in [4.78, 5) is 17.6. The van der Waals surface area contributed by atoms with Crippen LogP contribution in [0.5, 0.6) is 0 Å². The molecule has 2 unspecified atom stereocenters. The van der Waals surface area contributed by atoms with Crippen molar-refractivity contribution in [2.45, 2.75) is 13.8 Å². The fourth-order valence-corrected chi connectivity index (χ4v) is 2.67. The Bertz CT molecular complexity index is 226. The summed E-state index contributed by atoms with van der Waals surface area (Å²) in [5, 5.41) is 0. The Morgan fingerprint density at radius 1 is 1.25 bits per heavy atom. The largest absolute Gasteiger partial charge is 0.479 e. The monoisotopic (exact) mass is 218 g/mol. The summed E-state index contributed by atoms with van der Waals surface area (Å²) >= 11 is 0. The van der Waals surface area contributed by atoms with Crippen molar-refractivity contribution in [2.24, 2.45) is 0 Å². The quantitative estimate of drug-likeness (QED) is 0.676. The zero-order valence-corrected chi connectivity index (χ0v) is 8.62. The number of phosphoric ester groups is 1. The minimum absolute atomic E-state index is 0.0580. The summed E-state index contributed by atoms with van der Waals surface area (Å²) in [7, 11) is -8.31. The van der Waals surface area contributed by atoms with Gasteiger partial charge in [0.25, 0.3) is 0 Å². The van der Waals surface area contributed by atoms with Crippen LogP contribution in [-0.4, -0.2) is 22.6 Å². The molecule has 0 aromatic rings. The van der Waals surface area contributed by atoms with Gasteiger partial charge < -0.3 is 9.79 Å². The smallest absolute Gasteiger partial charge is 0.324 e. The summed E-state index contributed by atoms with van der Waals surface area (Å²) in [6.45, 7) is 2.78. The maximum absolute atomic E-state index is 10.8. The lowest BCUT2D eigenvalue weighted by Gasteiger charge is -2.13. The maximum Gasteiger partial charge on any atom is 0.479 e. The molecule has 12 heavy (non-hydrogen) atoms. The first-order valence-corrected chi connectivity index (χ1v) is 6.59. The number of hydrogen-bond donors (Lipinski definition) is 2. The van der Waals surface area contributed by atoms with E-state index in [0.717, 1.165) is 0 Å². The van der Waals surface area contributed by atoms with Gasteiger partial charge in [0, 0.05) is 6.16 Å². The van der Waals surface area contributed by atoms with Gasteiger partial charge in [-0.3, -0.25) is 9.09 Å². The van der Waals surface area contributed by atoms with Crippen LogP contribution >= 0.6 is 15.4 Å². The third kappa shape index (κ3) is 5.04. The highest BCUT2D eigenvalue weighted by Gasteiger charge is 2.31. The summed E-state index contributed by atoms with van der Waals surface area (Å²) in [6, 6.07) is 0. The van der Waals surface area contributed by atoms with Crippen LogP contribution in [0.1, 0.15) is 13.8 Å². The minimum atomic E-state index is -4.34. The lowest BCUT2D eigenvalue weighted by molar-refractivity contribution is 0.204. The molecule has 0 saturated heterocycles. The molecule has 2 N–H and O–H groups in total. The highest BCUT2D eigenvalue weighted by Crippen LogP contribution is 2.59. The zero-order valence-electron chi connectivity index (χ0n) is 6.84. The van der Waals surface area contributed by atoms with E-state index >= 15 is 0 Å². The van der Waals surface area contributed by atoms with E-state index in [1.54, 1.807) is 0 Å². The molecule has 0 bridgehead atoms. The van der Waals surface area contributed by atoms with Gasteiger partial charge in [0.2, 0.25) is 0 Å². The standard InChI is InChI=1S/C4H12O6P2/c1-3-9-12(7,8)10-11(5,6)4-2/h3-4H2,1-2H3,(H,5,6)(H,7,8). The summed E-state index contributed by atoms with van der Waals surface area (Å²) in [5.74, 6) is 0. The molecule has 0 amide bonds. The Kier molecular flexibility index (Phi) is 4.62. The molecular weight excluding hydrogens is 206 g/mol. The molecule has 0 radical (unpaired) electrons. The third-order valence-corrected chi connectivity index (χ3v) is 4.15. The summed E-state index contributed by atoms with van der Waals surface area (Å²) in [5.41, 5.74) is 0. The topological polar surface area (TPSA) is 93.1 Å². The Morgan fingerprint density at radius 3 is 2.08 bits per heavy atom. The number of hydrogen-bond acceptors (Lipinski definition) is 4. The van der Waals surface area contributed by atoms with Crippen LogP contribution in [0.25, 0.3) is 0 Å². The minimum Gasteiger partial charge on any atom is -0.324 e. The lowest BCUT2D eigenvalue weighted by atomic mass is 10.9. The summed E-state index contributed by atoms with van der Waals surface area (Å²) < 4.78 is 29.8. The highest BCUT2D eigenvalue weighted by molar-refractivity contribution is 7.63. The fourth-order valence-electron chi connectivity index (χ4n) is 0.406. The van der Waals surface area contributed by atoms with E-state index in [9.17, 15) is 9.13 Å². The van der Waals surface area contributed by atoms with Crippen LogP contribution in [0.15, 0.2) is 0 Å². The molecule has 0 aliphatic carbocycles. The molecule has 0 heterocycles. The number of phosphoric acid groups is 1. The van der Waals surface area contributed by atoms with Gasteiger partial charge in [-0.2, -0.15) is 0 Å². The molecule has 0 aromatic carbocycles. The van der Waals surface area contributed by atoms with Crippen LogP contribution < -0.4 is 0 Å². The Hall–Kier alpha value is 0.300. The second-order valence-corrected chi connectivity index (χ2v) is 5.68. The van der Waals surface area contributed by atoms with Crippen molar-refractivity contribution in [2.75, 3.05) is 12.8 Å². The van der Waals surface area contributed by atoms with Gasteiger partial charge in [0.05, 0.1) is 6.61 Å². The third-order valence-electron chi connectivity index (χ3n) is 0.923. The van der Waals surface area contributed by atoms with Gasteiger partial charge in [-0.05, 0) is 6.92 Å². The molecular formula is C4H12O6P2. The van der Waals surface area contributed by atoms with Crippen LogP contribution in [-0.2, 0) is 18.0 Å². The molecule has 74 valence electrons. The molecule has 0 aromatic heterocycles. The van der Waals surface area contributed by atoms with E-state index in [1.165, 1.54) is 13.8 Å². The Morgan fingerprint density at radius 2 is 1.75 bits per heavy atom. The van der Waals surface area contributed by atoms with Crippen molar-refractivity contribution in [1.29, 1.82) is 0 Å². The van der Waals surface area contributed by atoms with Crippen LogP contribution in [0.4, 0.5) is 0 Å². The Balaban J connectivity index is 4.24. The first-order chi connectivity index (χ1) is 5.33. The van der Waals surface area contributed by atoms with E-state index in [0.29, 0.717) is 0 Å². The van der Waals surface area contributed by atoms with Crippen molar-refractivity contribution >= 4 is 15.4 Å². The molecule has 6 nitrogen and oxygen atoms in total. The van der Waals surface area contributed by atoms with Gasteiger partial charge >= 0.3 is 15.4 Å². The molecule has 0 aliphatic heterocycles. The predicted octanol–water partition coefficient (Wildman–Crippen LogP) is 1.35. The normalized spacial score (nSPS) is 21.3. The molecule has 0 aliphatic rings. The SMILES string of the molecule is CCOP(=O)(O)OP(=O)(O)CC. The van der Waals surface area contributed by atoms with Gasteiger partial charge in [-0.25, -0.2) is 8.88 Å². The van der Waals surface area contributed by atoms with Crippen molar-refractivity contribution < 1.29 is 27.8 Å². The van der Waals surface area contributed by atoms with Crippen LogP contribution in [0, 0.1) is 0 Å². The zero-order chi connectivity index (χ0) is 9.83. The van der Waals surface area contributed by atoms with Gasteiger partial charge in [-0.1, -0.05) is 6.92 Å². The molecule has 0 spiro atoms. The highest BCUT2D eigenvalue weighted by atomic mass is 31.3. The molecule has 2 atom stereocenters. The second-order valence-electron chi connectivity index (χ2n) is 1.92. The van der Waals surface area contributed by atoms with E-state index in [4.69, 9.17) is 9.79 Å². The van der Waals surface area contributed by atoms with Crippen molar-refractivity contribution in [3.63, 3.8) is 0 Å². The molecule has 0 fully saturated rings. The van der Waals surface area contributed by atoms with Gasteiger partial charge in [0.1, 0.15) is 0 Å². The average Bonchev–Trinajstić information content (AvgIpc) is 1.85. The average molecular weight is 218 g/mol. The first-order valence-electron chi connectivity index (χ1n) is 3.33. The van der Waals surface area contributed by atoms with Crippen LogP contribution in [0.2, 0.25) is 0 Å². The lowest BCUT2D eigenvalue weighted by Crippen LogP contribution is -1.94. The second kappa shape index (κ2) is 4.51. The fraction of sp³-hybridized carbons (Fsp3) is 1.00. The van der Waals surface area contributed by atoms with Crippen molar-refractivity contribution in [3.8, 4) is 0 Å². The van der Waals surface area contributed by atoms with Gasteiger partial charge in [-0.15, -0.1) is 0 Å². The maximum atomic E-state index is 10.8. The summed E-state index contributed by atoms with van der Waals surface area (Å²) in [6.07, 6.45) is -0.232. The van der Waals surface area contributed by atoms with E-state index in [2.05, 4.69) is 8.83 Å². The van der Waals surface area contributed by atoms with Crippen molar-refractivity contribution in [1.82, 2.24) is 0 Å². The number of rotatable bonds is 5. The van der Waals surface area contributed by atoms with Crippen LogP contribution in [0.3, 0.4) is 0 Å². The first kappa shape index (κ1) is 12.3. The predicted molar refractivity (Wildman–Crippen MR) is 42.9 cm³/mol. The van der Waals surface area contributed by atoms with Crippen molar-refractivity contribution in [3.05, 3.63) is 0 Å². The van der Waals surface area contributed by atoms with E-state index in [1.807, 2.05) is 0 Å². The van der Waals surface area contributed by atoms with Gasteiger partial charge in [0.15, 0.2) is 0 Å². The molecule has 0 saturated carbocycles. The Labute approximate surface area is 70.7 Å². The van der Waals surface area contributed by atoms with E-state index < -0.39 is 15.4 Å².